The van der Waals surface area contributed by atoms with Crippen LogP contribution in [-0.4, -0.2) is 50.7 Å². The molecule has 2 heterocycles. The fourth-order valence-electron chi connectivity index (χ4n) is 4.63. The van der Waals surface area contributed by atoms with Crippen LogP contribution >= 0.6 is 0 Å². The molecule has 1 aromatic heterocycles. The molecule has 0 atom stereocenters. The molecule has 0 radical (unpaired) electrons. The van der Waals surface area contributed by atoms with Crippen molar-refractivity contribution in [2.75, 3.05) is 6.61 Å². The molecule has 1 saturated carbocycles. The van der Waals surface area contributed by atoms with Crippen LogP contribution in [0.3, 0.4) is 0 Å². The summed E-state index contributed by atoms with van der Waals surface area (Å²) in [7, 11) is 0. The lowest BCUT2D eigenvalue weighted by Crippen LogP contribution is -2.51. The smallest absolute Gasteiger partial charge is 0.344 e. The van der Waals surface area contributed by atoms with Crippen molar-refractivity contribution in [3.8, 4) is 16.9 Å². The van der Waals surface area contributed by atoms with Crippen LogP contribution in [0.5, 0.6) is 0 Å². The third-order valence-electron chi connectivity index (χ3n) is 6.44. The second kappa shape index (κ2) is 9.65. The number of aromatic nitrogens is 2. The number of para-hydroxylation sites is 1. The maximum atomic E-state index is 13.0. The molecule has 0 unspecified atom stereocenters. The summed E-state index contributed by atoms with van der Waals surface area (Å²) in [6, 6.07) is 17.8. The molecule has 2 N–H and O–H groups in total. The van der Waals surface area contributed by atoms with Crippen LogP contribution in [0.2, 0.25) is 0 Å². The Hall–Kier alpha value is -4.47. The lowest BCUT2D eigenvalue weighted by Gasteiger charge is -2.30. The molecule has 2 fully saturated rings. The van der Waals surface area contributed by atoms with Crippen molar-refractivity contribution >= 4 is 23.8 Å². The molecule has 2 aromatic carbocycles. The summed E-state index contributed by atoms with van der Waals surface area (Å²) in [5.41, 5.74) is 3.34. The first-order chi connectivity index (χ1) is 17.5. The summed E-state index contributed by atoms with van der Waals surface area (Å²) in [5.74, 6) is -2.04. The van der Waals surface area contributed by atoms with E-state index in [4.69, 9.17) is 4.74 Å². The van der Waals surface area contributed by atoms with Crippen LogP contribution in [-0.2, 0) is 14.3 Å². The first-order valence-electron chi connectivity index (χ1n) is 11.8. The van der Waals surface area contributed by atoms with Crippen LogP contribution < -0.4 is 10.7 Å². The van der Waals surface area contributed by atoms with E-state index in [0.29, 0.717) is 29.1 Å². The average molecular weight is 488 g/mol. The Labute approximate surface area is 207 Å². The van der Waals surface area contributed by atoms with E-state index < -0.39 is 36.0 Å². The molecular weight excluding hydrogens is 462 g/mol. The number of carbonyl (C=O) groups excluding carboxylic acids is 4. The number of rotatable bonds is 6. The summed E-state index contributed by atoms with van der Waals surface area (Å²) in [6.45, 7) is -0.673. The summed E-state index contributed by atoms with van der Waals surface area (Å²) in [4.78, 5) is 50.7. The van der Waals surface area contributed by atoms with Crippen LogP contribution in [0.15, 0.2) is 66.9 Å². The molecule has 1 aliphatic heterocycles. The van der Waals surface area contributed by atoms with Gasteiger partial charge < -0.3 is 10.1 Å². The van der Waals surface area contributed by atoms with E-state index in [-0.39, 0.29) is 5.56 Å². The molecule has 0 bridgehead atoms. The maximum absolute atomic E-state index is 13.0. The van der Waals surface area contributed by atoms with E-state index >= 15 is 0 Å². The van der Waals surface area contributed by atoms with Crippen molar-refractivity contribution in [1.82, 2.24) is 25.5 Å². The van der Waals surface area contributed by atoms with Gasteiger partial charge >= 0.3 is 12.0 Å². The second-order valence-corrected chi connectivity index (χ2v) is 8.86. The predicted octanol–water partition coefficient (Wildman–Crippen LogP) is 2.98. The normalized spacial score (nSPS) is 16.6. The van der Waals surface area contributed by atoms with E-state index in [1.54, 1.807) is 10.9 Å². The largest absolute Gasteiger partial charge is 0.452 e. The highest BCUT2D eigenvalue weighted by Crippen LogP contribution is 2.33. The van der Waals surface area contributed by atoms with E-state index in [1.165, 1.54) is 0 Å². The van der Waals surface area contributed by atoms with Crippen LogP contribution in [0, 0.1) is 0 Å². The van der Waals surface area contributed by atoms with Gasteiger partial charge in [0, 0.05) is 11.8 Å². The first kappa shape index (κ1) is 23.3. The summed E-state index contributed by atoms with van der Waals surface area (Å²) < 4.78 is 6.81. The molecule has 1 spiro atoms. The Bertz CT molecular complexity index is 1300. The van der Waals surface area contributed by atoms with Crippen LogP contribution in [0.4, 0.5) is 4.79 Å². The number of urea groups is 1. The predicted molar refractivity (Wildman–Crippen MR) is 129 cm³/mol. The zero-order valence-electron chi connectivity index (χ0n) is 19.5. The van der Waals surface area contributed by atoms with E-state index in [9.17, 15) is 19.2 Å². The highest BCUT2D eigenvalue weighted by molar-refractivity contribution is 6.08. The minimum Gasteiger partial charge on any atom is -0.452 e. The molecule has 1 saturated heterocycles. The number of ether oxygens (including phenoxy) is 1. The van der Waals surface area contributed by atoms with E-state index in [0.717, 1.165) is 24.9 Å². The average Bonchev–Trinajstić information content (AvgIpc) is 3.45. The van der Waals surface area contributed by atoms with Crippen LogP contribution in [0.25, 0.3) is 16.9 Å². The van der Waals surface area contributed by atoms with Gasteiger partial charge in [-0.15, -0.1) is 0 Å². The maximum Gasteiger partial charge on any atom is 0.344 e. The Morgan fingerprint density at radius 3 is 2.33 bits per heavy atom. The molecule has 10 nitrogen and oxygen atoms in total. The van der Waals surface area contributed by atoms with Gasteiger partial charge in [0.05, 0.1) is 5.69 Å². The van der Waals surface area contributed by atoms with Gasteiger partial charge in [0.1, 0.15) is 16.8 Å². The summed E-state index contributed by atoms with van der Waals surface area (Å²) in [5, 5.41) is 7.96. The molecule has 10 heteroatoms. The zero-order valence-corrected chi connectivity index (χ0v) is 19.5. The number of esters is 1. The van der Waals surface area contributed by atoms with Crippen molar-refractivity contribution in [1.29, 1.82) is 0 Å². The minimum atomic E-state index is -0.962. The van der Waals surface area contributed by atoms with Gasteiger partial charge in [-0.1, -0.05) is 67.8 Å². The number of amides is 4. The van der Waals surface area contributed by atoms with Gasteiger partial charge in [-0.3, -0.25) is 15.0 Å². The van der Waals surface area contributed by atoms with Gasteiger partial charge in [-0.05, 0) is 25.0 Å². The zero-order chi connectivity index (χ0) is 25.1. The van der Waals surface area contributed by atoms with Gasteiger partial charge in [0.25, 0.3) is 11.8 Å². The van der Waals surface area contributed by atoms with Gasteiger partial charge in [-0.25, -0.2) is 14.3 Å². The number of nitrogens with zero attached hydrogens (tertiary/aromatic N) is 3. The molecule has 1 aliphatic carbocycles. The van der Waals surface area contributed by atoms with Crippen molar-refractivity contribution in [2.24, 2.45) is 0 Å². The minimum absolute atomic E-state index is 0.175. The van der Waals surface area contributed by atoms with Crippen molar-refractivity contribution in [2.45, 2.75) is 37.6 Å². The van der Waals surface area contributed by atoms with Crippen LogP contribution in [0.1, 0.15) is 42.5 Å². The SMILES string of the molecule is O=C(COC(=O)c1cn(-c2ccccc2)nc1-c1ccccc1)NN1C(=O)NC2(CCCCC2)C1=O. The summed E-state index contributed by atoms with van der Waals surface area (Å²) in [6.07, 6.45) is 5.26. The monoisotopic (exact) mass is 487 g/mol. The Morgan fingerprint density at radius 2 is 1.64 bits per heavy atom. The lowest BCUT2D eigenvalue weighted by molar-refractivity contribution is -0.140. The molecule has 3 aromatic rings. The second-order valence-electron chi connectivity index (χ2n) is 8.86. The van der Waals surface area contributed by atoms with Crippen molar-refractivity contribution in [3.05, 3.63) is 72.4 Å². The molecule has 36 heavy (non-hydrogen) atoms. The number of hydrazine groups is 1. The van der Waals surface area contributed by atoms with Crippen molar-refractivity contribution < 1.29 is 23.9 Å². The molecule has 4 amide bonds. The van der Waals surface area contributed by atoms with Gasteiger partial charge in [0.2, 0.25) is 0 Å². The standard InChI is InChI=1S/C26H25N5O5/c32-21(28-31-24(34)26(27-25(31)35)14-8-3-9-15-26)17-36-23(33)20-16-30(19-12-6-2-7-13-19)29-22(20)18-10-4-1-5-11-18/h1-2,4-7,10-13,16H,3,8-9,14-15,17H2,(H,27,35)(H,28,32). The highest BCUT2D eigenvalue weighted by Gasteiger charge is 2.52. The van der Waals surface area contributed by atoms with E-state index in [1.807, 2.05) is 60.7 Å². The number of imide groups is 1. The van der Waals surface area contributed by atoms with Gasteiger partial charge in [-0.2, -0.15) is 10.1 Å². The highest BCUT2D eigenvalue weighted by atomic mass is 16.5. The molecule has 2 aliphatic rings. The lowest BCUT2D eigenvalue weighted by atomic mass is 9.82. The number of nitrogens with one attached hydrogen (secondary N) is 2. The first-order valence-corrected chi connectivity index (χ1v) is 11.8. The summed E-state index contributed by atoms with van der Waals surface area (Å²) >= 11 is 0. The Balaban J connectivity index is 1.29. The number of carbonyl (C=O) groups is 4. The fraction of sp³-hybridized carbons (Fsp3) is 0.269. The Morgan fingerprint density at radius 1 is 0.972 bits per heavy atom. The molecule has 184 valence electrons. The number of hydrogen-bond acceptors (Lipinski definition) is 6. The third-order valence-corrected chi connectivity index (χ3v) is 6.44. The topological polar surface area (TPSA) is 123 Å². The molecule has 5 rings (SSSR count). The molecular formula is C26H25N5O5. The third kappa shape index (κ3) is 4.45. The number of hydrogen-bond donors (Lipinski definition) is 2. The Kier molecular flexibility index (Phi) is 6.24. The van der Waals surface area contributed by atoms with Crippen molar-refractivity contribution in [3.63, 3.8) is 0 Å². The fourth-order valence-corrected chi connectivity index (χ4v) is 4.63. The quantitative estimate of drug-likeness (QED) is 0.407. The van der Waals surface area contributed by atoms with E-state index in [2.05, 4.69) is 15.8 Å². The number of benzene rings is 2. The van der Waals surface area contributed by atoms with Gasteiger partial charge in [0.15, 0.2) is 6.61 Å².